The van der Waals surface area contributed by atoms with Gasteiger partial charge in [-0.15, -0.1) is 0 Å². The van der Waals surface area contributed by atoms with Crippen LogP contribution in [0.1, 0.15) is 78.1 Å². The first-order valence-corrected chi connectivity index (χ1v) is 7.08. The Balaban J connectivity index is 0. The number of rotatable bonds is 11. The summed E-state index contributed by atoms with van der Waals surface area (Å²) >= 11 is 0. The summed E-state index contributed by atoms with van der Waals surface area (Å²) in [5, 5.41) is 2.98. The Hall–Kier alpha value is 0.730. The Kier molecular flexibility index (Phi) is 19.7. The standard InChI is InChI=1S/C14H29NO.Ca/c1-3-5-7-8-9-10-12-14(16)15-13-11-6-4-2;/h3-13H2,1-2H3,(H,15,16);. The van der Waals surface area contributed by atoms with E-state index >= 15 is 0 Å². The summed E-state index contributed by atoms with van der Waals surface area (Å²) in [7, 11) is 0. The SMILES string of the molecule is CCCCCCCCC(=O)NCCCCC.[Ca]. The molecule has 1 amide bonds. The van der Waals surface area contributed by atoms with Crippen LogP contribution in [0.25, 0.3) is 0 Å². The Morgan fingerprint density at radius 2 is 1.35 bits per heavy atom. The molecule has 0 saturated heterocycles. The average Bonchev–Trinajstić information content (AvgIpc) is 2.29. The zero-order chi connectivity index (χ0) is 12.1. The predicted octanol–water partition coefficient (Wildman–Crippen LogP) is 3.66. The summed E-state index contributed by atoms with van der Waals surface area (Å²) in [6, 6.07) is 0. The zero-order valence-electron chi connectivity index (χ0n) is 11.9. The molecule has 0 fully saturated rings. The van der Waals surface area contributed by atoms with E-state index < -0.39 is 0 Å². The van der Waals surface area contributed by atoms with Gasteiger partial charge in [-0.25, -0.2) is 0 Å². The van der Waals surface area contributed by atoms with E-state index in [1.165, 1.54) is 44.9 Å². The first kappa shape index (κ1) is 20.1. The van der Waals surface area contributed by atoms with Gasteiger partial charge in [-0.3, -0.25) is 4.79 Å². The molecule has 98 valence electrons. The third-order valence-corrected chi connectivity index (χ3v) is 2.86. The fourth-order valence-electron chi connectivity index (χ4n) is 1.76. The molecule has 0 spiro atoms. The molecule has 0 aliphatic carbocycles. The Labute approximate surface area is 137 Å². The summed E-state index contributed by atoms with van der Waals surface area (Å²) in [4.78, 5) is 11.4. The van der Waals surface area contributed by atoms with E-state index in [9.17, 15) is 4.79 Å². The maximum Gasteiger partial charge on any atom is 0.219 e. The molecule has 0 aromatic carbocycles. The van der Waals surface area contributed by atoms with Crippen LogP contribution in [0.3, 0.4) is 0 Å². The third-order valence-electron chi connectivity index (χ3n) is 2.86. The van der Waals surface area contributed by atoms with Gasteiger partial charge in [0.25, 0.3) is 0 Å². The summed E-state index contributed by atoms with van der Waals surface area (Å²) in [6.45, 7) is 5.27. The van der Waals surface area contributed by atoms with E-state index in [0.29, 0.717) is 0 Å². The van der Waals surface area contributed by atoms with Gasteiger partial charge in [-0.1, -0.05) is 58.8 Å². The molecule has 0 aromatic heterocycles. The summed E-state index contributed by atoms with van der Waals surface area (Å²) in [5.74, 6) is 0.242. The molecule has 0 atom stereocenters. The molecule has 2 radical (unpaired) electrons. The zero-order valence-corrected chi connectivity index (χ0v) is 14.1. The van der Waals surface area contributed by atoms with E-state index in [-0.39, 0.29) is 43.6 Å². The Morgan fingerprint density at radius 3 is 2.00 bits per heavy atom. The monoisotopic (exact) mass is 267 g/mol. The number of unbranched alkanes of at least 4 members (excludes halogenated alkanes) is 7. The van der Waals surface area contributed by atoms with Gasteiger partial charge in [0.2, 0.25) is 5.91 Å². The van der Waals surface area contributed by atoms with Gasteiger partial charge >= 0.3 is 0 Å². The predicted molar refractivity (Wildman–Crippen MR) is 76.3 cm³/mol. The van der Waals surface area contributed by atoms with Gasteiger partial charge in [0.05, 0.1) is 0 Å². The van der Waals surface area contributed by atoms with Crippen LogP contribution in [0.15, 0.2) is 0 Å². The molecule has 0 aliphatic rings. The minimum Gasteiger partial charge on any atom is -0.356 e. The maximum absolute atomic E-state index is 11.4. The molecule has 0 bridgehead atoms. The second-order valence-electron chi connectivity index (χ2n) is 4.57. The van der Waals surface area contributed by atoms with Crippen molar-refractivity contribution >= 4 is 43.6 Å². The first-order valence-electron chi connectivity index (χ1n) is 7.08. The van der Waals surface area contributed by atoms with Crippen LogP contribution in [0.5, 0.6) is 0 Å². The fourth-order valence-corrected chi connectivity index (χ4v) is 1.76. The van der Waals surface area contributed by atoms with Crippen molar-refractivity contribution in [2.75, 3.05) is 6.54 Å². The second-order valence-corrected chi connectivity index (χ2v) is 4.57. The molecule has 17 heavy (non-hydrogen) atoms. The van der Waals surface area contributed by atoms with Crippen molar-refractivity contribution in [3.8, 4) is 0 Å². The van der Waals surface area contributed by atoms with Crippen LogP contribution in [0.2, 0.25) is 0 Å². The van der Waals surface area contributed by atoms with Crippen LogP contribution in [0.4, 0.5) is 0 Å². The van der Waals surface area contributed by atoms with Gasteiger partial charge in [0, 0.05) is 50.7 Å². The number of nitrogens with one attached hydrogen (secondary N) is 1. The van der Waals surface area contributed by atoms with E-state index in [1.54, 1.807) is 0 Å². The minimum absolute atomic E-state index is 0. The van der Waals surface area contributed by atoms with E-state index in [4.69, 9.17) is 0 Å². The molecular weight excluding hydrogens is 238 g/mol. The molecule has 0 rings (SSSR count). The number of hydrogen-bond acceptors (Lipinski definition) is 1. The maximum atomic E-state index is 11.4. The molecule has 1 N–H and O–H groups in total. The number of hydrogen-bond donors (Lipinski definition) is 1. The molecule has 2 nitrogen and oxygen atoms in total. The largest absolute Gasteiger partial charge is 0.356 e. The van der Waals surface area contributed by atoms with Crippen LogP contribution in [-0.2, 0) is 4.79 Å². The average molecular weight is 267 g/mol. The Morgan fingerprint density at radius 1 is 0.824 bits per heavy atom. The molecule has 0 aromatic rings. The van der Waals surface area contributed by atoms with Crippen molar-refractivity contribution in [1.29, 1.82) is 0 Å². The van der Waals surface area contributed by atoms with E-state index in [0.717, 1.165) is 25.8 Å². The normalized spacial score (nSPS) is 9.76. The van der Waals surface area contributed by atoms with Gasteiger partial charge in [0.15, 0.2) is 0 Å². The number of carbonyl (C=O) groups excluding carboxylic acids is 1. The Bertz CT molecular complexity index is 162. The minimum atomic E-state index is 0. The number of carbonyl (C=O) groups is 1. The van der Waals surface area contributed by atoms with Crippen molar-refractivity contribution in [2.45, 2.75) is 78.1 Å². The summed E-state index contributed by atoms with van der Waals surface area (Å²) < 4.78 is 0. The van der Waals surface area contributed by atoms with Crippen molar-refractivity contribution < 1.29 is 4.79 Å². The molecule has 3 heteroatoms. The van der Waals surface area contributed by atoms with Crippen molar-refractivity contribution in [1.82, 2.24) is 5.32 Å². The van der Waals surface area contributed by atoms with Crippen molar-refractivity contribution in [2.24, 2.45) is 0 Å². The van der Waals surface area contributed by atoms with Crippen LogP contribution in [0, 0.1) is 0 Å². The van der Waals surface area contributed by atoms with E-state index in [2.05, 4.69) is 19.2 Å². The van der Waals surface area contributed by atoms with Crippen molar-refractivity contribution in [3.05, 3.63) is 0 Å². The first-order chi connectivity index (χ1) is 7.81. The third kappa shape index (κ3) is 16.7. The molecular formula is C14H29CaNO. The fraction of sp³-hybridized carbons (Fsp3) is 0.929. The van der Waals surface area contributed by atoms with E-state index in [1.807, 2.05) is 0 Å². The van der Waals surface area contributed by atoms with Gasteiger partial charge in [0.1, 0.15) is 0 Å². The smallest absolute Gasteiger partial charge is 0.219 e. The quantitative estimate of drug-likeness (QED) is 0.449. The van der Waals surface area contributed by atoms with Gasteiger partial charge < -0.3 is 5.32 Å². The van der Waals surface area contributed by atoms with Gasteiger partial charge in [-0.2, -0.15) is 0 Å². The topological polar surface area (TPSA) is 29.1 Å². The molecule has 0 saturated carbocycles. The molecule has 0 aliphatic heterocycles. The number of amides is 1. The molecule has 0 unspecified atom stereocenters. The van der Waals surface area contributed by atoms with Crippen molar-refractivity contribution in [3.63, 3.8) is 0 Å². The van der Waals surface area contributed by atoms with Crippen LogP contribution >= 0.6 is 0 Å². The van der Waals surface area contributed by atoms with Crippen LogP contribution < -0.4 is 5.32 Å². The van der Waals surface area contributed by atoms with Crippen LogP contribution in [-0.4, -0.2) is 50.2 Å². The summed E-state index contributed by atoms with van der Waals surface area (Å²) in [5.41, 5.74) is 0. The molecule has 0 heterocycles. The summed E-state index contributed by atoms with van der Waals surface area (Å²) in [6.07, 6.45) is 11.8. The van der Waals surface area contributed by atoms with Gasteiger partial charge in [-0.05, 0) is 12.8 Å². The second kappa shape index (κ2) is 16.7.